The molecule has 2 aromatic heterocycles. The van der Waals surface area contributed by atoms with E-state index in [2.05, 4.69) is 21.5 Å². The van der Waals surface area contributed by atoms with Gasteiger partial charge in [-0.1, -0.05) is 0 Å². The molecule has 1 aliphatic heterocycles. The number of nitrogens with zero attached hydrogens (tertiary/aromatic N) is 4. The number of pyridine rings is 1. The van der Waals surface area contributed by atoms with E-state index in [-0.39, 0.29) is 12.1 Å². The molecule has 8 heteroatoms. The summed E-state index contributed by atoms with van der Waals surface area (Å²) in [7, 11) is 1.73. The summed E-state index contributed by atoms with van der Waals surface area (Å²) in [6.07, 6.45) is 9.03. The maximum absolute atomic E-state index is 12.6. The van der Waals surface area contributed by atoms with Crippen molar-refractivity contribution >= 4 is 29.1 Å². The number of hydrogen-bond donors (Lipinski definition) is 2. The van der Waals surface area contributed by atoms with Crippen LogP contribution in [0.3, 0.4) is 0 Å². The molecule has 3 N–H and O–H groups in total. The Morgan fingerprint density at radius 3 is 2.87 bits per heavy atom. The van der Waals surface area contributed by atoms with Gasteiger partial charge in [0.1, 0.15) is 5.60 Å². The van der Waals surface area contributed by atoms with Crippen LogP contribution in [0.5, 0.6) is 0 Å². The molecule has 0 aromatic carbocycles. The second kappa shape index (κ2) is 8.24. The highest BCUT2D eigenvalue weighted by atomic mass is 16.6. The number of likely N-dealkylation sites (tertiary alicyclic amines) is 1. The minimum absolute atomic E-state index is 0.211. The Balaban J connectivity index is 1.55. The van der Waals surface area contributed by atoms with Crippen molar-refractivity contribution in [3.05, 3.63) is 36.3 Å². The van der Waals surface area contributed by atoms with Gasteiger partial charge in [-0.3, -0.25) is 4.99 Å². The van der Waals surface area contributed by atoms with Gasteiger partial charge >= 0.3 is 6.09 Å². The van der Waals surface area contributed by atoms with Crippen molar-refractivity contribution in [2.24, 2.45) is 22.6 Å². The highest BCUT2D eigenvalue weighted by Crippen LogP contribution is 2.40. The second-order valence-electron chi connectivity index (χ2n) is 9.45. The maximum atomic E-state index is 12.6. The van der Waals surface area contributed by atoms with Gasteiger partial charge in [-0.2, -0.15) is 5.10 Å². The van der Waals surface area contributed by atoms with E-state index in [0.717, 1.165) is 48.3 Å². The smallest absolute Gasteiger partial charge is 0.410 e. The fourth-order valence-corrected chi connectivity index (χ4v) is 4.78. The number of nitrogens with two attached hydrogens (primary N) is 1. The first kappa shape index (κ1) is 21.2. The number of carbonyl (C=O) groups excluding carboxylic acids is 1. The molecule has 3 unspecified atom stereocenters. The van der Waals surface area contributed by atoms with Gasteiger partial charge in [-0.15, -0.1) is 0 Å². The number of aromatic nitrogens is 2. The van der Waals surface area contributed by atoms with Gasteiger partial charge in [-0.05, 0) is 51.7 Å². The van der Waals surface area contributed by atoms with Crippen LogP contribution in [0.1, 0.15) is 39.2 Å². The SMILES string of the molecule is CN=C/C(=C\N)c1cc(NC2CCC3CN(C(=O)OC(C)(C)C)CC32)c2ccnn2c1. The Hall–Kier alpha value is -3.03. The molecular weight excluding hydrogens is 392 g/mol. The Morgan fingerprint density at radius 1 is 1.35 bits per heavy atom. The van der Waals surface area contributed by atoms with Crippen molar-refractivity contribution in [3.8, 4) is 0 Å². The molecule has 2 aliphatic rings. The van der Waals surface area contributed by atoms with Crippen molar-refractivity contribution in [3.63, 3.8) is 0 Å². The number of fused-ring (bicyclic) bond motifs is 2. The predicted octanol–water partition coefficient (Wildman–Crippen LogP) is 3.39. The molecule has 3 heterocycles. The number of amides is 1. The summed E-state index contributed by atoms with van der Waals surface area (Å²) in [6.45, 7) is 7.21. The lowest BCUT2D eigenvalue weighted by Crippen LogP contribution is -2.37. The molecular formula is C23H32N6O2. The van der Waals surface area contributed by atoms with Crippen LogP contribution in [0.25, 0.3) is 11.1 Å². The van der Waals surface area contributed by atoms with E-state index in [4.69, 9.17) is 10.5 Å². The van der Waals surface area contributed by atoms with Crippen LogP contribution in [-0.2, 0) is 4.74 Å². The first-order chi connectivity index (χ1) is 14.8. The Morgan fingerprint density at radius 2 is 2.16 bits per heavy atom. The minimum Gasteiger partial charge on any atom is -0.444 e. The summed E-state index contributed by atoms with van der Waals surface area (Å²) >= 11 is 0. The molecule has 3 atom stereocenters. The van der Waals surface area contributed by atoms with Crippen molar-refractivity contribution in [2.45, 2.75) is 45.3 Å². The molecule has 2 fully saturated rings. The second-order valence-corrected chi connectivity index (χ2v) is 9.45. The van der Waals surface area contributed by atoms with Crippen LogP contribution in [0.15, 0.2) is 35.7 Å². The topological polar surface area (TPSA) is 97.2 Å². The number of rotatable bonds is 4. The lowest BCUT2D eigenvalue weighted by atomic mass is 9.97. The number of nitrogens with one attached hydrogen (secondary N) is 1. The third-order valence-corrected chi connectivity index (χ3v) is 6.14. The molecule has 31 heavy (non-hydrogen) atoms. The number of anilines is 1. The van der Waals surface area contributed by atoms with Gasteiger partial charge in [0.2, 0.25) is 0 Å². The van der Waals surface area contributed by atoms with E-state index in [1.807, 2.05) is 42.4 Å². The molecule has 4 rings (SSSR count). The zero-order chi connectivity index (χ0) is 22.2. The van der Waals surface area contributed by atoms with Crippen LogP contribution >= 0.6 is 0 Å². The minimum atomic E-state index is -0.476. The van der Waals surface area contributed by atoms with Crippen molar-refractivity contribution < 1.29 is 9.53 Å². The summed E-state index contributed by atoms with van der Waals surface area (Å²) in [4.78, 5) is 18.5. The molecule has 0 radical (unpaired) electrons. The largest absolute Gasteiger partial charge is 0.444 e. The third kappa shape index (κ3) is 4.38. The van der Waals surface area contributed by atoms with Crippen molar-refractivity contribution in [2.75, 3.05) is 25.5 Å². The Labute approximate surface area is 183 Å². The highest BCUT2D eigenvalue weighted by Gasteiger charge is 2.45. The standard InChI is InChI=1S/C23H32N6O2/c1-23(2,3)31-22(30)28-12-15-5-6-19(18(15)14-28)27-20-9-16(17(10-24)11-25-4)13-29-21(20)7-8-26-29/h7-11,13,15,18-19,27H,5-6,12,14,24H2,1-4H3/b17-10+,25-11?. The number of allylic oxidation sites excluding steroid dienone is 1. The Bertz CT molecular complexity index is 1020. The summed E-state index contributed by atoms with van der Waals surface area (Å²) in [5, 5.41) is 8.18. The van der Waals surface area contributed by atoms with Gasteiger partial charge in [0.05, 0.1) is 17.4 Å². The highest BCUT2D eigenvalue weighted by molar-refractivity contribution is 6.10. The van der Waals surface area contributed by atoms with Crippen LogP contribution in [0.2, 0.25) is 0 Å². The quantitative estimate of drug-likeness (QED) is 0.733. The average Bonchev–Trinajstić information content (AvgIpc) is 3.41. The number of ether oxygens (including phenoxy) is 1. The zero-order valence-corrected chi connectivity index (χ0v) is 18.7. The predicted molar refractivity (Wildman–Crippen MR) is 123 cm³/mol. The summed E-state index contributed by atoms with van der Waals surface area (Å²) in [6, 6.07) is 4.39. The van der Waals surface area contributed by atoms with E-state index in [0.29, 0.717) is 11.8 Å². The number of hydrogen-bond acceptors (Lipinski definition) is 6. The van der Waals surface area contributed by atoms with Crippen molar-refractivity contribution in [1.82, 2.24) is 14.5 Å². The van der Waals surface area contributed by atoms with Gasteiger partial charge < -0.3 is 20.7 Å². The zero-order valence-electron chi connectivity index (χ0n) is 18.7. The number of aliphatic imine (C=N–C) groups is 1. The normalized spacial score (nSPS) is 24.2. The van der Waals surface area contributed by atoms with E-state index in [9.17, 15) is 4.79 Å². The molecule has 8 nitrogen and oxygen atoms in total. The van der Waals surface area contributed by atoms with E-state index < -0.39 is 5.60 Å². The lowest BCUT2D eigenvalue weighted by molar-refractivity contribution is 0.0280. The van der Waals surface area contributed by atoms with Gasteiger partial charge in [0, 0.05) is 61.8 Å². The van der Waals surface area contributed by atoms with E-state index in [1.165, 1.54) is 0 Å². The Kier molecular flexibility index (Phi) is 5.64. The monoisotopic (exact) mass is 424 g/mol. The van der Waals surface area contributed by atoms with Crippen LogP contribution < -0.4 is 11.1 Å². The van der Waals surface area contributed by atoms with Crippen molar-refractivity contribution in [1.29, 1.82) is 0 Å². The number of carbonyl (C=O) groups is 1. The van der Waals surface area contributed by atoms with Crippen LogP contribution in [0.4, 0.5) is 10.5 Å². The fourth-order valence-electron chi connectivity index (χ4n) is 4.78. The summed E-state index contributed by atoms with van der Waals surface area (Å²) in [5.74, 6) is 0.904. The molecule has 1 saturated heterocycles. The van der Waals surface area contributed by atoms with E-state index in [1.54, 1.807) is 25.7 Å². The van der Waals surface area contributed by atoms with Gasteiger partial charge in [0.15, 0.2) is 0 Å². The maximum Gasteiger partial charge on any atom is 0.410 e. The van der Waals surface area contributed by atoms with Gasteiger partial charge in [-0.25, -0.2) is 9.31 Å². The molecule has 0 bridgehead atoms. The molecule has 1 amide bonds. The average molecular weight is 425 g/mol. The molecule has 166 valence electrons. The fraction of sp³-hybridized carbons (Fsp3) is 0.522. The molecule has 1 saturated carbocycles. The molecule has 1 aliphatic carbocycles. The lowest BCUT2D eigenvalue weighted by Gasteiger charge is -2.26. The first-order valence-electron chi connectivity index (χ1n) is 10.9. The van der Waals surface area contributed by atoms with Gasteiger partial charge in [0.25, 0.3) is 0 Å². The van der Waals surface area contributed by atoms with Crippen LogP contribution in [-0.4, -0.2) is 58.6 Å². The molecule has 2 aromatic rings. The van der Waals surface area contributed by atoms with E-state index >= 15 is 0 Å². The summed E-state index contributed by atoms with van der Waals surface area (Å²) < 4.78 is 7.45. The first-order valence-corrected chi connectivity index (χ1v) is 10.9. The van der Waals surface area contributed by atoms with Crippen LogP contribution in [0, 0.1) is 11.8 Å². The third-order valence-electron chi connectivity index (χ3n) is 6.14. The molecule has 0 spiro atoms. The summed E-state index contributed by atoms with van der Waals surface area (Å²) in [5.41, 5.74) is 9.16.